The zero-order valence-corrected chi connectivity index (χ0v) is 16.2. The lowest BCUT2D eigenvalue weighted by atomic mass is 10.2. The molecule has 0 saturated heterocycles. The van der Waals surface area contributed by atoms with E-state index in [-0.39, 0.29) is 17.1 Å². The Hall–Kier alpha value is -2.93. The minimum Gasteiger partial charge on any atom is -0.497 e. The molecule has 3 rings (SSSR count). The van der Waals surface area contributed by atoms with Crippen molar-refractivity contribution in [1.82, 2.24) is 0 Å². The molecule has 0 atom stereocenters. The Bertz CT molecular complexity index is 1070. The highest BCUT2D eigenvalue weighted by molar-refractivity contribution is 7.92. The normalized spacial score (nSPS) is 11.3. The molecule has 146 valence electrons. The summed E-state index contributed by atoms with van der Waals surface area (Å²) in [5.74, 6) is -0.411. The second kappa shape index (κ2) is 7.98. The van der Waals surface area contributed by atoms with Gasteiger partial charge in [-0.15, -0.1) is 0 Å². The lowest BCUT2D eigenvalue weighted by Crippen LogP contribution is -2.30. The summed E-state index contributed by atoms with van der Waals surface area (Å²) < 4.78 is 60.1. The second-order valence-corrected chi connectivity index (χ2v) is 8.11. The molecular weight excluding hydrogens is 384 g/mol. The molecule has 0 radical (unpaired) electrons. The maximum atomic E-state index is 14.1. The summed E-state index contributed by atoms with van der Waals surface area (Å²) in [7, 11) is -2.51. The number of anilines is 1. The number of benzene rings is 3. The molecule has 0 fully saturated rings. The molecule has 28 heavy (non-hydrogen) atoms. The standard InChI is InChI=1S/C21H19F2NO3S/c1-15-3-8-18(13-21(15)23)24(14-16-4-6-17(22)7-5-16)28(25,26)20-11-9-19(27-2)10-12-20/h3-13H,14H2,1-2H3. The molecular formula is C21H19F2NO3S. The van der Waals surface area contributed by atoms with Crippen molar-refractivity contribution in [2.45, 2.75) is 18.4 Å². The maximum Gasteiger partial charge on any atom is 0.264 e. The van der Waals surface area contributed by atoms with Crippen LogP contribution < -0.4 is 9.04 Å². The van der Waals surface area contributed by atoms with E-state index in [1.54, 1.807) is 25.1 Å². The van der Waals surface area contributed by atoms with Gasteiger partial charge in [0.25, 0.3) is 10.0 Å². The summed E-state index contributed by atoms with van der Waals surface area (Å²) in [4.78, 5) is 0.0383. The first-order chi connectivity index (χ1) is 13.3. The Morgan fingerprint density at radius 3 is 2.14 bits per heavy atom. The van der Waals surface area contributed by atoms with Crippen molar-refractivity contribution in [3.8, 4) is 5.75 Å². The number of halogens is 2. The van der Waals surface area contributed by atoms with Crippen LogP contribution in [0.4, 0.5) is 14.5 Å². The molecule has 0 aromatic heterocycles. The number of nitrogens with zero attached hydrogens (tertiary/aromatic N) is 1. The highest BCUT2D eigenvalue weighted by Gasteiger charge is 2.26. The third-order valence-corrected chi connectivity index (χ3v) is 6.12. The van der Waals surface area contributed by atoms with Crippen molar-refractivity contribution in [2.24, 2.45) is 0 Å². The summed E-state index contributed by atoms with van der Waals surface area (Å²) in [6.07, 6.45) is 0. The van der Waals surface area contributed by atoms with Gasteiger partial charge >= 0.3 is 0 Å². The van der Waals surface area contributed by atoms with Gasteiger partial charge < -0.3 is 4.74 Å². The molecule has 0 heterocycles. The van der Waals surface area contributed by atoms with E-state index < -0.39 is 21.7 Å². The van der Waals surface area contributed by atoms with Crippen LogP contribution in [0.15, 0.2) is 71.6 Å². The Morgan fingerprint density at radius 2 is 1.57 bits per heavy atom. The fraction of sp³-hybridized carbons (Fsp3) is 0.143. The summed E-state index contributed by atoms with van der Waals surface area (Å²) >= 11 is 0. The van der Waals surface area contributed by atoms with Crippen LogP contribution in [0.5, 0.6) is 5.75 Å². The Labute approximate surface area is 163 Å². The number of rotatable bonds is 6. The number of methoxy groups -OCH3 is 1. The summed E-state index contributed by atoms with van der Waals surface area (Å²) in [6, 6.07) is 15.7. The zero-order valence-electron chi connectivity index (χ0n) is 15.4. The van der Waals surface area contributed by atoms with E-state index in [9.17, 15) is 17.2 Å². The van der Waals surface area contributed by atoms with Crippen molar-refractivity contribution in [3.05, 3.63) is 89.5 Å². The monoisotopic (exact) mass is 403 g/mol. The highest BCUT2D eigenvalue weighted by Crippen LogP contribution is 2.28. The predicted octanol–water partition coefficient (Wildman–Crippen LogP) is 4.68. The van der Waals surface area contributed by atoms with Crippen LogP contribution in [-0.2, 0) is 16.6 Å². The van der Waals surface area contributed by atoms with Gasteiger partial charge in [-0.1, -0.05) is 18.2 Å². The van der Waals surface area contributed by atoms with Crippen LogP contribution in [0.2, 0.25) is 0 Å². The molecule has 3 aromatic rings. The molecule has 7 heteroatoms. The number of ether oxygens (including phenoxy) is 1. The average molecular weight is 403 g/mol. The van der Waals surface area contributed by atoms with Gasteiger partial charge in [0.2, 0.25) is 0 Å². The van der Waals surface area contributed by atoms with Gasteiger partial charge in [0.05, 0.1) is 24.2 Å². The number of aryl methyl sites for hydroxylation is 1. The Kier molecular flexibility index (Phi) is 5.65. The van der Waals surface area contributed by atoms with Gasteiger partial charge in [-0.3, -0.25) is 4.31 Å². The van der Waals surface area contributed by atoms with Crippen LogP contribution in [0.1, 0.15) is 11.1 Å². The number of sulfonamides is 1. The maximum absolute atomic E-state index is 14.1. The van der Waals surface area contributed by atoms with Crippen LogP contribution in [0.25, 0.3) is 0 Å². The first-order valence-corrected chi connectivity index (χ1v) is 9.92. The van der Waals surface area contributed by atoms with E-state index in [4.69, 9.17) is 4.74 Å². The van der Waals surface area contributed by atoms with Gasteiger partial charge in [0.1, 0.15) is 17.4 Å². The van der Waals surface area contributed by atoms with Crippen LogP contribution >= 0.6 is 0 Å². The largest absolute Gasteiger partial charge is 0.497 e. The zero-order chi connectivity index (χ0) is 20.3. The highest BCUT2D eigenvalue weighted by atomic mass is 32.2. The van der Waals surface area contributed by atoms with E-state index in [0.717, 1.165) is 4.31 Å². The topological polar surface area (TPSA) is 46.6 Å². The molecule has 0 spiro atoms. The third-order valence-electron chi connectivity index (χ3n) is 4.33. The molecule has 0 saturated carbocycles. The minimum atomic E-state index is -4.00. The summed E-state index contributed by atoms with van der Waals surface area (Å²) in [6.45, 7) is 1.53. The van der Waals surface area contributed by atoms with E-state index in [2.05, 4.69) is 0 Å². The molecule has 0 aliphatic heterocycles. The van der Waals surface area contributed by atoms with Crippen LogP contribution in [0.3, 0.4) is 0 Å². The second-order valence-electron chi connectivity index (χ2n) is 6.25. The van der Waals surface area contributed by atoms with E-state index in [0.29, 0.717) is 16.9 Å². The minimum absolute atomic E-state index is 0.0383. The number of hydrogen-bond donors (Lipinski definition) is 0. The van der Waals surface area contributed by atoms with E-state index in [1.807, 2.05) is 0 Å². The lowest BCUT2D eigenvalue weighted by Gasteiger charge is -2.25. The van der Waals surface area contributed by atoms with Crippen molar-refractivity contribution < 1.29 is 21.9 Å². The van der Waals surface area contributed by atoms with E-state index >= 15 is 0 Å². The van der Waals surface area contributed by atoms with Crippen LogP contribution in [-0.4, -0.2) is 15.5 Å². The summed E-state index contributed by atoms with van der Waals surface area (Å²) in [5.41, 5.74) is 1.16. The van der Waals surface area contributed by atoms with Gasteiger partial charge in [-0.25, -0.2) is 17.2 Å². The fourth-order valence-corrected chi connectivity index (χ4v) is 4.13. The molecule has 0 unspecified atom stereocenters. The molecule has 0 N–H and O–H groups in total. The van der Waals surface area contributed by atoms with Gasteiger partial charge in [0, 0.05) is 0 Å². The molecule has 3 aromatic carbocycles. The Balaban J connectivity index is 2.07. The van der Waals surface area contributed by atoms with E-state index in [1.165, 1.54) is 55.6 Å². The van der Waals surface area contributed by atoms with Crippen molar-refractivity contribution in [1.29, 1.82) is 0 Å². The van der Waals surface area contributed by atoms with Crippen molar-refractivity contribution in [3.63, 3.8) is 0 Å². The smallest absolute Gasteiger partial charge is 0.264 e. The number of hydrogen-bond acceptors (Lipinski definition) is 3. The first kappa shape index (κ1) is 19.8. The Morgan fingerprint density at radius 1 is 0.929 bits per heavy atom. The molecule has 0 aliphatic carbocycles. The lowest BCUT2D eigenvalue weighted by molar-refractivity contribution is 0.414. The van der Waals surface area contributed by atoms with Gasteiger partial charge in [-0.2, -0.15) is 0 Å². The molecule has 0 bridgehead atoms. The fourth-order valence-electron chi connectivity index (χ4n) is 2.68. The van der Waals surface area contributed by atoms with Crippen molar-refractivity contribution >= 4 is 15.7 Å². The van der Waals surface area contributed by atoms with Crippen LogP contribution in [0, 0.1) is 18.6 Å². The summed E-state index contributed by atoms with van der Waals surface area (Å²) in [5, 5.41) is 0. The van der Waals surface area contributed by atoms with Crippen molar-refractivity contribution in [2.75, 3.05) is 11.4 Å². The molecule has 0 aliphatic rings. The first-order valence-electron chi connectivity index (χ1n) is 8.48. The average Bonchev–Trinajstić information content (AvgIpc) is 2.69. The van der Waals surface area contributed by atoms with Gasteiger partial charge in [-0.05, 0) is 66.6 Å². The predicted molar refractivity (Wildman–Crippen MR) is 104 cm³/mol. The SMILES string of the molecule is COc1ccc(S(=O)(=O)N(Cc2ccc(F)cc2)c2ccc(C)c(F)c2)cc1. The quantitative estimate of drug-likeness (QED) is 0.601. The third kappa shape index (κ3) is 4.14. The molecule has 4 nitrogen and oxygen atoms in total. The molecule has 0 amide bonds. The van der Waals surface area contributed by atoms with Gasteiger partial charge in [0.15, 0.2) is 0 Å².